The molecule has 0 aliphatic carbocycles. The first-order valence-corrected chi connectivity index (χ1v) is 7.72. The summed E-state index contributed by atoms with van der Waals surface area (Å²) < 4.78 is 5.81. The largest absolute Gasteiger partial charge is 0.461 e. The van der Waals surface area contributed by atoms with Crippen molar-refractivity contribution in [1.29, 1.82) is 0 Å². The average molecular weight is 304 g/mol. The van der Waals surface area contributed by atoms with Crippen LogP contribution in [0.3, 0.4) is 0 Å². The maximum atomic E-state index is 12.0. The van der Waals surface area contributed by atoms with Crippen LogP contribution >= 0.6 is 11.6 Å². The predicted octanol–water partition coefficient (Wildman–Crippen LogP) is 4.16. The van der Waals surface area contributed by atoms with Gasteiger partial charge in [-0.2, -0.15) is 0 Å². The second-order valence-corrected chi connectivity index (χ2v) is 5.80. The van der Waals surface area contributed by atoms with E-state index in [4.69, 9.17) is 16.0 Å². The Morgan fingerprint density at radius 1 is 1.10 bits per heavy atom. The highest BCUT2D eigenvalue weighted by Gasteiger charge is 2.18. The van der Waals surface area contributed by atoms with Crippen LogP contribution in [0.15, 0.2) is 40.8 Å². The van der Waals surface area contributed by atoms with Crippen molar-refractivity contribution in [2.75, 3.05) is 13.1 Å². The van der Waals surface area contributed by atoms with Crippen LogP contribution in [0, 0.1) is 0 Å². The minimum atomic E-state index is 0.233. The number of hydrogen-bond acceptors (Lipinski definition) is 2. The zero-order chi connectivity index (χ0) is 14.7. The molecule has 0 saturated carbocycles. The van der Waals surface area contributed by atoms with E-state index in [1.165, 1.54) is 0 Å². The molecule has 1 amide bonds. The molecule has 3 nitrogen and oxygen atoms in total. The standard InChI is InChI=1S/C17H18ClNO2/c18-14-5-3-13(4-6-14)16-9-7-15(21-16)8-10-17(20)19-11-1-2-12-19/h3-7,9H,1-2,8,10-12H2. The highest BCUT2D eigenvalue weighted by molar-refractivity contribution is 6.30. The van der Waals surface area contributed by atoms with Crippen molar-refractivity contribution >= 4 is 17.5 Å². The van der Waals surface area contributed by atoms with Crippen LogP contribution in [-0.2, 0) is 11.2 Å². The molecule has 0 radical (unpaired) electrons. The van der Waals surface area contributed by atoms with Crippen molar-refractivity contribution in [1.82, 2.24) is 4.90 Å². The molecule has 4 heteroatoms. The van der Waals surface area contributed by atoms with Gasteiger partial charge in [-0.25, -0.2) is 0 Å². The lowest BCUT2D eigenvalue weighted by Crippen LogP contribution is -2.27. The third kappa shape index (κ3) is 3.48. The summed E-state index contributed by atoms with van der Waals surface area (Å²) in [7, 11) is 0. The minimum absolute atomic E-state index is 0.233. The Morgan fingerprint density at radius 2 is 1.81 bits per heavy atom. The van der Waals surface area contributed by atoms with Gasteiger partial charge >= 0.3 is 0 Å². The molecule has 0 spiro atoms. The van der Waals surface area contributed by atoms with Gasteiger partial charge in [0, 0.05) is 36.5 Å². The Bertz CT molecular complexity index is 612. The summed E-state index contributed by atoms with van der Waals surface area (Å²) in [6, 6.07) is 11.4. The van der Waals surface area contributed by atoms with Crippen molar-refractivity contribution < 1.29 is 9.21 Å². The summed E-state index contributed by atoms with van der Waals surface area (Å²) >= 11 is 5.88. The highest BCUT2D eigenvalue weighted by Crippen LogP contribution is 2.24. The molecule has 0 N–H and O–H groups in total. The number of rotatable bonds is 4. The number of likely N-dealkylation sites (tertiary alicyclic amines) is 1. The highest BCUT2D eigenvalue weighted by atomic mass is 35.5. The molecule has 1 aromatic heterocycles. The number of halogens is 1. The first-order chi connectivity index (χ1) is 10.2. The van der Waals surface area contributed by atoms with Crippen LogP contribution < -0.4 is 0 Å². The van der Waals surface area contributed by atoms with E-state index >= 15 is 0 Å². The van der Waals surface area contributed by atoms with E-state index in [1.807, 2.05) is 41.3 Å². The molecule has 1 saturated heterocycles. The molecule has 1 aliphatic rings. The number of carbonyl (C=O) groups is 1. The van der Waals surface area contributed by atoms with E-state index < -0.39 is 0 Å². The summed E-state index contributed by atoms with van der Waals surface area (Å²) in [5.74, 6) is 1.90. The second kappa shape index (κ2) is 6.35. The van der Waals surface area contributed by atoms with E-state index in [-0.39, 0.29) is 5.91 Å². The van der Waals surface area contributed by atoms with Crippen LogP contribution in [-0.4, -0.2) is 23.9 Å². The topological polar surface area (TPSA) is 33.5 Å². The molecule has 21 heavy (non-hydrogen) atoms. The quantitative estimate of drug-likeness (QED) is 0.850. The summed E-state index contributed by atoms with van der Waals surface area (Å²) in [6.45, 7) is 1.82. The van der Waals surface area contributed by atoms with E-state index in [0.717, 1.165) is 43.0 Å². The fourth-order valence-electron chi connectivity index (χ4n) is 2.64. The molecule has 110 valence electrons. The van der Waals surface area contributed by atoms with Crippen LogP contribution in [0.5, 0.6) is 0 Å². The summed E-state index contributed by atoms with van der Waals surface area (Å²) in [6.07, 6.45) is 3.44. The number of amides is 1. The molecule has 1 aromatic carbocycles. The molecule has 0 bridgehead atoms. The molecule has 1 aliphatic heterocycles. The molecular weight excluding hydrogens is 286 g/mol. The monoisotopic (exact) mass is 303 g/mol. The normalized spacial score (nSPS) is 14.6. The molecule has 1 fully saturated rings. The fourth-order valence-corrected chi connectivity index (χ4v) is 2.76. The zero-order valence-electron chi connectivity index (χ0n) is 11.8. The summed E-state index contributed by atoms with van der Waals surface area (Å²) in [5, 5.41) is 0.710. The third-order valence-corrected chi connectivity index (χ3v) is 4.09. The van der Waals surface area contributed by atoms with Crippen molar-refractivity contribution in [3.8, 4) is 11.3 Å². The summed E-state index contributed by atoms with van der Waals surface area (Å²) in [4.78, 5) is 13.9. The Labute approximate surface area is 129 Å². The van der Waals surface area contributed by atoms with Gasteiger partial charge in [0.15, 0.2) is 0 Å². The van der Waals surface area contributed by atoms with Gasteiger partial charge in [0.05, 0.1) is 0 Å². The second-order valence-electron chi connectivity index (χ2n) is 5.36. The molecule has 0 atom stereocenters. The van der Waals surface area contributed by atoms with Gasteiger partial charge in [-0.15, -0.1) is 0 Å². The molecule has 2 aromatic rings. The molecule has 3 rings (SSSR count). The van der Waals surface area contributed by atoms with E-state index in [9.17, 15) is 4.79 Å². The fraction of sp³-hybridized carbons (Fsp3) is 0.353. The number of benzene rings is 1. The van der Waals surface area contributed by atoms with Crippen molar-refractivity contribution in [3.63, 3.8) is 0 Å². The maximum Gasteiger partial charge on any atom is 0.223 e. The Balaban J connectivity index is 1.60. The number of hydrogen-bond donors (Lipinski definition) is 0. The zero-order valence-corrected chi connectivity index (χ0v) is 12.6. The molecule has 2 heterocycles. The van der Waals surface area contributed by atoms with Crippen LogP contribution in [0.25, 0.3) is 11.3 Å². The predicted molar refractivity (Wildman–Crippen MR) is 83.3 cm³/mol. The molecule has 0 unspecified atom stereocenters. The number of nitrogens with zero attached hydrogens (tertiary/aromatic N) is 1. The smallest absolute Gasteiger partial charge is 0.223 e. The van der Waals surface area contributed by atoms with Gasteiger partial charge in [-0.1, -0.05) is 11.6 Å². The van der Waals surface area contributed by atoms with Gasteiger partial charge in [-0.05, 0) is 49.2 Å². The van der Waals surface area contributed by atoms with E-state index in [2.05, 4.69) is 0 Å². The number of furan rings is 1. The maximum absolute atomic E-state index is 12.0. The lowest BCUT2D eigenvalue weighted by molar-refractivity contribution is -0.130. The van der Waals surface area contributed by atoms with E-state index in [1.54, 1.807) is 0 Å². The van der Waals surface area contributed by atoms with Crippen molar-refractivity contribution in [2.24, 2.45) is 0 Å². The first kappa shape index (κ1) is 14.2. The van der Waals surface area contributed by atoms with Crippen LogP contribution in [0.2, 0.25) is 5.02 Å². The van der Waals surface area contributed by atoms with Gasteiger partial charge in [0.25, 0.3) is 0 Å². The minimum Gasteiger partial charge on any atom is -0.461 e. The van der Waals surface area contributed by atoms with Gasteiger partial charge in [-0.3, -0.25) is 4.79 Å². The number of carbonyl (C=O) groups excluding carboxylic acids is 1. The Kier molecular flexibility index (Phi) is 4.30. The Hall–Kier alpha value is -1.74. The van der Waals surface area contributed by atoms with Crippen molar-refractivity contribution in [2.45, 2.75) is 25.7 Å². The van der Waals surface area contributed by atoms with Crippen LogP contribution in [0.4, 0.5) is 0 Å². The lowest BCUT2D eigenvalue weighted by Gasteiger charge is -2.14. The van der Waals surface area contributed by atoms with Crippen LogP contribution in [0.1, 0.15) is 25.0 Å². The SMILES string of the molecule is O=C(CCc1ccc(-c2ccc(Cl)cc2)o1)N1CCCC1. The van der Waals surface area contributed by atoms with Gasteiger partial charge < -0.3 is 9.32 Å². The van der Waals surface area contributed by atoms with Gasteiger partial charge in [0.2, 0.25) is 5.91 Å². The first-order valence-electron chi connectivity index (χ1n) is 7.35. The van der Waals surface area contributed by atoms with Gasteiger partial charge in [0.1, 0.15) is 11.5 Å². The molecular formula is C17H18ClNO2. The van der Waals surface area contributed by atoms with Crippen molar-refractivity contribution in [3.05, 3.63) is 47.2 Å². The Morgan fingerprint density at radius 3 is 2.52 bits per heavy atom. The lowest BCUT2D eigenvalue weighted by atomic mass is 10.2. The van der Waals surface area contributed by atoms with E-state index in [0.29, 0.717) is 17.9 Å². The number of aryl methyl sites for hydroxylation is 1. The summed E-state index contributed by atoms with van der Waals surface area (Å²) in [5.41, 5.74) is 0.997. The third-order valence-electron chi connectivity index (χ3n) is 3.83. The average Bonchev–Trinajstić information content (AvgIpc) is 3.17.